The molecule has 0 aliphatic carbocycles. The largest absolute Gasteiger partial charge is 0.394 e. The molecule has 0 radical (unpaired) electrons. The molecule has 0 bridgehead atoms. The molecule has 4 N–H and O–H groups in total. The van der Waals surface area contributed by atoms with E-state index in [1.165, 1.54) is 4.90 Å². The maximum Gasteiger partial charge on any atom is 0.251 e. The van der Waals surface area contributed by atoms with Crippen LogP contribution in [0.4, 0.5) is 0 Å². The predicted molar refractivity (Wildman–Crippen MR) is 141 cm³/mol. The maximum atomic E-state index is 13.5. The maximum absolute atomic E-state index is 13.5. The summed E-state index contributed by atoms with van der Waals surface area (Å²) in [6, 6.07) is 10.2. The van der Waals surface area contributed by atoms with Gasteiger partial charge >= 0.3 is 0 Å². The van der Waals surface area contributed by atoms with Gasteiger partial charge in [0.15, 0.2) is 0 Å². The van der Waals surface area contributed by atoms with Crippen molar-refractivity contribution in [2.45, 2.75) is 51.2 Å². The van der Waals surface area contributed by atoms with Crippen LogP contribution in [0.25, 0.3) is 10.8 Å². The molecule has 3 atom stereocenters. The lowest BCUT2D eigenvalue weighted by atomic mass is 10.0. The van der Waals surface area contributed by atoms with Gasteiger partial charge in [0.1, 0.15) is 12.1 Å². The quantitative estimate of drug-likeness (QED) is 0.338. The SMILES string of the molecule is CC(C)[C@H](NC(=O)c1ccc2ccccc2c1)C(=O)N1CCC[C@H]1C(=O)N[C@H](CO)CC(=O)NS(C)(=O)=O. The third-order valence-electron chi connectivity index (χ3n) is 6.37. The Bertz CT molecular complexity index is 1310. The number of sulfonamides is 1. The third kappa shape index (κ3) is 7.51. The first-order valence-electron chi connectivity index (χ1n) is 12.4. The first kappa shape index (κ1) is 29.1. The molecule has 1 fully saturated rings. The van der Waals surface area contributed by atoms with Crippen molar-refractivity contribution in [3.63, 3.8) is 0 Å². The monoisotopic (exact) mass is 546 g/mol. The van der Waals surface area contributed by atoms with Gasteiger partial charge in [0, 0.05) is 12.1 Å². The number of aliphatic hydroxyl groups is 1. The van der Waals surface area contributed by atoms with E-state index in [2.05, 4.69) is 10.6 Å². The van der Waals surface area contributed by atoms with Gasteiger partial charge in [-0.1, -0.05) is 44.2 Å². The summed E-state index contributed by atoms with van der Waals surface area (Å²) in [7, 11) is -3.78. The molecule has 11 nitrogen and oxygen atoms in total. The number of fused-ring (bicyclic) bond motifs is 1. The average Bonchev–Trinajstić information content (AvgIpc) is 3.35. The first-order valence-corrected chi connectivity index (χ1v) is 14.3. The van der Waals surface area contributed by atoms with Crippen LogP contribution in [-0.2, 0) is 24.4 Å². The van der Waals surface area contributed by atoms with Crippen molar-refractivity contribution in [3.05, 3.63) is 48.0 Å². The topological polar surface area (TPSA) is 162 Å². The molecule has 4 amide bonds. The molecule has 2 aromatic carbocycles. The molecule has 1 aliphatic heterocycles. The first-order chi connectivity index (χ1) is 17.9. The van der Waals surface area contributed by atoms with E-state index in [1.54, 1.807) is 30.7 Å². The highest BCUT2D eigenvalue weighted by molar-refractivity contribution is 7.89. The van der Waals surface area contributed by atoms with Crippen molar-refractivity contribution < 1.29 is 32.7 Å². The number of nitrogens with one attached hydrogen (secondary N) is 3. The number of likely N-dealkylation sites (tertiary alicyclic amines) is 1. The molecule has 12 heteroatoms. The van der Waals surface area contributed by atoms with Crippen LogP contribution in [0.2, 0.25) is 0 Å². The lowest BCUT2D eigenvalue weighted by Crippen LogP contribution is -2.56. The number of benzene rings is 2. The smallest absolute Gasteiger partial charge is 0.251 e. The molecule has 2 aromatic rings. The van der Waals surface area contributed by atoms with E-state index in [0.717, 1.165) is 17.0 Å². The molecular formula is C26H34N4O7S. The molecule has 1 saturated heterocycles. The number of amides is 4. The second-order valence-corrected chi connectivity index (χ2v) is 11.6. The number of carbonyl (C=O) groups is 4. The van der Waals surface area contributed by atoms with Gasteiger partial charge in [-0.2, -0.15) is 0 Å². The van der Waals surface area contributed by atoms with Gasteiger partial charge in [-0.3, -0.25) is 23.9 Å². The summed E-state index contributed by atoms with van der Waals surface area (Å²) in [5.74, 6) is -2.50. The number of nitrogens with zero attached hydrogens (tertiary/aromatic N) is 1. The lowest BCUT2D eigenvalue weighted by Gasteiger charge is -2.31. The number of aliphatic hydroxyl groups excluding tert-OH is 1. The second kappa shape index (κ2) is 12.4. The molecule has 0 aromatic heterocycles. The Hall–Kier alpha value is -3.51. The van der Waals surface area contributed by atoms with Crippen molar-refractivity contribution >= 4 is 44.4 Å². The van der Waals surface area contributed by atoms with Crippen LogP contribution in [-0.4, -0.2) is 79.6 Å². The molecular weight excluding hydrogens is 512 g/mol. The summed E-state index contributed by atoms with van der Waals surface area (Å²) in [6.07, 6.45) is 1.30. The minimum absolute atomic E-state index is 0.263. The Kier molecular flexibility index (Phi) is 9.45. The number of carbonyl (C=O) groups excluding carboxylic acids is 4. The summed E-state index contributed by atoms with van der Waals surface area (Å²) in [6.45, 7) is 3.32. The molecule has 1 aliphatic rings. The zero-order valence-electron chi connectivity index (χ0n) is 21.6. The highest BCUT2D eigenvalue weighted by Gasteiger charge is 2.39. The summed E-state index contributed by atoms with van der Waals surface area (Å²) in [5, 5.41) is 16.8. The van der Waals surface area contributed by atoms with Crippen LogP contribution < -0.4 is 15.4 Å². The molecule has 3 rings (SSSR count). The lowest BCUT2D eigenvalue weighted by molar-refractivity contribution is -0.141. The average molecular weight is 547 g/mol. The van der Waals surface area contributed by atoms with Gasteiger partial charge in [0.25, 0.3) is 5.91 Å². The van der Waals surface area contributed by atoms with Crippen LogP contribution in [0.15, 0.2) is 42.5 Å². The van der Waals surface area contributed by atoms with Crippen molar-refractivity contribution in [2.24, 2.45) is 5.92 Å². The standard InChI is InChI=1S/C26H34N4O7S/c1-16(2)23(28-24(33)19-11-10-17-7-4-5-8-18(17)13-19)26(35)30-12-6-9-21(30)25(34)27-20(15-31)14-22(32)29-38(3,36)37/h4-5,7-8,10-11,13,16,20-21,23,31H,6,9,12,14-15H2,1-3H3,(H,27,34)(H,28,33)(H,29,32)/t20-,21-,23-/m0/s1. The molecule has 0 saturated carbocycles. The van der Waals surface area contributed by atoms with Crippen molar-refractivity contribution in [1.29, 1.82) is 0 Å². The summed E-state index contributed by atoms with van der Waals surface area (Å²) in [4.78, 5) is 52.9. The van der Waals surface area contributed by atoms with E-state index in [0.29, 0.717) is 24.9 Å². The van der Waals surface area contributed by atoms with Crippen LogP contribution in [0.1, 0.15) is 43.5 Å². The third-order valence-corrected chi connectivity index (χ3v) is 6.97. The van der Waals surface area contributed by atoms with Gasteiger partial charge < -0.3 is 20.6 Å². The van der Waals surface area contributed by atoms with Gasteiger partial charge in [-0.05, 0) is 41.7 Å². The van der Waals surface area contributed by atoms with Crippen LogP contribution in [0.3, 0.4) is 0 Å². The van der Waals surface area contributed by atoms with Gasteiger partial charge in [0.05, 0.1) is 25.3 Å². The molecule has 0 unspecified atom stereocenters. The zero-order valence-corrected chi connectivity index (χ0v) is 22.5. The summed E-state index contributed by atoms with van der Waals surface area (Å²) >= 11 is 0. The Labute approximate surface area is 222 Å². The van der Waals surface area contributed by atoms with Crippen molar-refractivity contribution in [1.82, 2.24) is 20.3 Å². The molecule has 1 heterocycles. The Balaban J connectivity index is 1.69. The van der Waals surface area contributed by atoms with E-state index in [4.69, 9.17) is 0 Å². The fourth-order valence-electron chi connectivity index (χ4n) is 4.48. The van der Waals surface area contributed by atoms with Crippen molar-refractivity contribution in [3.8, 4) is 0 Å². The van der Waals surface area contributed by atoms with Gasteiger partial charge in [0.2, 0.25) is 27.7 Å². The van der Waals surface area contributed by atoms with Gasteiger partial charge in [-0.25, -0.2) is 8.42 Å². The van der Waals surface area contributed by atoms with E-state index in [9.17, 15) is 32.7 Å². The minimum atomic E-state index is -3.78. The highest BCUT2D eigenvalue weighted by atomic mass is 32.2. The van der Waals surface area contributed by atoms with E-state index < -0.39 is 64.8 Å². The highest BCUT2D eigenvalue weighted by Crippen LogP contribution is 2.22. The van der Waals surface area contributed by atoms with Crippen LogP contribution in [0, 0.1) is 5.92 Å². The summed E-state index contributed by atoms with van der Waals surface area (Å²) < 4.78 is 24.3. The molecule has 0 spiro atoms. The Morgan fingerprint density at radius 3 is 2.37 bits per heavy atom. The molecule has 206 valence electrons. The second-order valence-electron chi connectivity index (χ2n) is 9.84. The molecule has 38 heavy (non-hydrogen) atoms. The van der Waals surface area contributed by atoms with Gasteiger partial charge in [-0.15, -0.1) is 0 Å². The van der Waals surface area contributed by atoms with Crippen molar-refractivity contribution in [2.75, 3.05) is 19.4 Å². The minimum Gasteiger partial charge on any atom is -0.394 e. The number of rotatable bonds is 10. The normalized spacial score (nSPS) is 17.2. The van der Waals surface area contributed by atoms with Crippen LogP contribution >= 0.6 is 0 Å². The zero-order chi connectivity index (χ0) is 28.0. The Morgan fingerprint density at radius 2 is 1.74 bits per heavy atom. The van der Waals surface area contributed by atoms with E-state index in [1.807, 2.05) is 30.3 Å². The van der Waals surface area contributed by atoms with E-state index in [-0.39, 0.29) is 5.92 Å². The predicted octanol–water partition coefficient (Wildman–Crippen LogP) is 0.528. The number of hydrogen-bond acceptors (Lipinski definition) is 7. The van der Waals surface area contributed by atoms with Crippen LogP contribution in [0.5, 0.6) is 0 Å². The number of hydrogen-bond donors (Lipinski definition) is 4. The van der Waals surface area contributed by atoms with E-state index >= 15 is 0 Å². The summed E-state index contributed by atoms with van der Waals surface area (Å²) in [5.41, 5.74) is 0.413. The fourth-order valence-corrected chi connectivity index (χ4v) is 4.98. The Morgan fingerprint density at radius 1 is 1.05 bits per heavy atom. The fraction of sp³-hybridized carbons (Fsp3) is 0.462.